The Bertz CT molecular complexity index is 772. The maximum absolute atomic E-state index is 12.5. The molecule has 5 heteroatoms. The zero-order chi connectivity index (χ0) is 18.6. The van der Waals surface area contributed by atoms with Gasteiger partial charge in [-0.1, -0.05) is 48.0 Å². The van der Waals surface area contributed by atoms with Gasteiger partial charge in [-0.25, -0.2) is 0 Å². The average molecular weight is 360 g/mol. The number of hydrogen-bond acceptors (Lipinski definition) is 3. The summed E-state index contributed by atoms with van der Waals surface area (Å²) in [4.78, 5) is 24.9. The van der Waals surface area contributed by atoms with Gasteiger partial charge in [0.1, 0.15) is 0 Å². The van der Waals surface area contributed by atoms with Crippen LogP contribution in [0, 0.1) is 6.92 Å². The Morgan fingerprint density at radius 1 is 1.08 bits per heavy atom. The summed E-state index contributed by atoms with van der Waals surface area (Å²) in [5.74, 6) is -0.855. The Kier molecular flexibility index (Phi) is 5.85. The van der Waals surface area contributed by atoms with E-state index in [9.17, 15) is 9.59 Å². The number of halogens is 1. The highest BCUT2D eigenvalue weighted by atomic mass is 35.5. The molecule has 132 valence electrons. The predicted octanol–water partition coefficient (Wildman–Crippen LogP) is 4.50. The Morgan fingerprint density at radius 2 is 1.72 bits per heavy atom. The first-order chi connectivity index (χ1) is 11.7. The maximum Gasteiger partial charge on any atom is 0.316 e. The van der Waals surface area contributed by atoms with Crippen LogP contribution in [0.4, 0.5) is 5.69 Å². The summed E-state index contributed by atoms with van der Waals surface area (Å²) in [7, 11) is 0. The molecule has 0 spiro atoms. The summed E-state index contributed by atoms with van der Waals surface area (Å²) >= 11 is 6.05. The molecule has 1 amide bonds. The second kappa shape index (κ2) is 7.70. The second-order valence-electron chi connectivity index (χ2n) is 6.44. The van der Waals surface area contributed by atoms with Crippen LogP contribution >= 0.6 is 11.6 Å². The summed E-state index contributed by atoms with van der Waals surface area (Å²) in [5, 5.41) is 3.31. The smallest absolute Gasteiger partial charge is 0.316 e. The zero-order valence-electron chi connectivity index (χ0n) is 14.8. The fraction of sp³-hybridized carbons (Fsp3) is 0.300. The van der Waals surface area contributed by atoms with Crippen LogP contribution in [0.1, 0.15) is 31.9 Å². The Hall–Kier alpha value is -2.33. The van der Waals surface area contributed by atoms with Crippen molar-refractivity contribution in [3.05, 3.63) is 64.7 Å². The van der Waals surface area contributed by atoms with Crippen molar-refractivity contribution in [3.8, 4) is 0 Å². The molecule has 0 saturated heterocycles. The van der Waals surface area contributed by atoms with Crippen LogP contribution in [0.5, 0.6) is 0 Å². The minimum Gasteiger partial charge on any atom is -0.452 e. The monoisotopic (exact) mass is 359 g/mol. The van der Waals surface area contributed by atoms with Gasteiger partial charge in [0.25, 0.3) is 5.91 Å². The lowest BCUT2D eigenvalue weighted by atomic mass is 9.85. The average Bonchev–Trinajstić information content (AvgIpc) is 2.59. The van der Waals surface area contributed by atoms with Crippen LogP contribution in [0.3, 0.4) is 0 Å². The molecule has 0 radical (unpaired) electrons. The highest BCUT2D eigenvalue weighted by Crippen LogP contribution is 2.26. The molecule has 0 aliphatic heterocycles. The van der Waals surface area contributed by atoms with Gasteiger partial charge in [-0.3, -0.25) is 9.59 Å². The number of amides is 1. The molecule has 2 rings (SSSR count). The van der Waals surface area contributed by atoms with E-state index >= 15 is 0 Å². The van der Waals surface area contributed by atoms with Crippen LogP contribution in [0.25, 0.3) is 0 Å². The van der Waals surface area contributed by atoms with Crippen LogP contribution in [0.2, 0.25) is 5.02 Å². The number of benzene rings is 2. The lowest BCUT2D eigenvalue weighted by Gasteiger charge is -2.25. The highest BCUT2D eigenvalue weighted by Gasteiger charge is 2.33. The van der Waals surface area contributed by atoms with E-state index in [4.69, 9.17) is 16.3 Å². The third-order valence-corrected chi connectivity index (χ3v) is 4.59. The number of carbonyl (C=O) groups is 2. The van der Waals surface area contributed by atoms with E-state index in [0.717, 1.165) is 11.1 Å². The van der Waals surface area contributed by atoms with Crippen molar-refractivity contribution in [2.24, 2.45) is 0 Å². The molecule has 1 N–H and O–H groups in total. The van der Waals surface area contributed by atoms with Crippen LogP contribution in [-0.4, -0.2) is 18.0 Å². The van der Waals surface area contributed by atoms with Crippen molar-refractivity contribution in [1.82, 2.24) is 0 Å². The highest BCUT2D eigenvalue weighted by molar-refractivity contribution is 6.31. The van der Waals surface area contributed by atoms with Gasteiger partial charge in [-0.2, -0.15) is 0 Å². The molecule has 0 aliphatic carbocycles. The molecule has 2 aromatic carbocycles. The van der Waals surface area contributed by atoms with Crippen LogP contribution in [0.15, 0.2) is 48.5 Å². The SMILES string of the molecule is Cc1c(Cl)cccc1NC(=O)[C@@H](C)OC(=O)C(C)(C)c1ccccc1. The van der Waals surface area contributed by atoms with Crippen molar-refractivity contribution in [1.29, 1.82) is 0 Å². The summed E-state index contributed by atoms with van der Waals surface area (Å²) in [6.07, 6.45) is -0.922. The van der Waals surface area contributed by atoms with Crippen LogP contribution < -0.4 is 5.32 Å². The number of ether oxygens (including phenoxy) is 1. The largest absolute Gasteiger partial charge is 0.452 e. The topological polar surface area (TPSA) is 55.4 Å². The van der Waals surface area contributed by atoms with E-state index < -0.39 is 23.4 Å². The van der Waals surface area contributed by atoms with Gasteiger partial charge in [0.15, 0.2) is 6.10 Å². The van der Waals surface area contributed by atoms with Crippen LogP contribution in [-0.2, 0) is 19.7 Å². The zero-order valence-corrected chi connectivity index (χ0v) is 15.6. The van der Waals surface area contributed by atoms with Crippen molar-refractivity contribution in [2.75, 3.05) is 5.32 Å². The van der Waals surface area contributed by atoms with Crippen molar-refractivity contribution in [3.63, 3.8) is 0 Å². The van der Waals surface area contributed by atoms with Crippen molar-refractivity contribution < 1.29 is 14.3 Å². The molecule has 0 saturated carbocycles. The summed E-state index contributed by atoms with van der Waals surface area (Å²) in [6, 6.07) is 14.6. The van der Waals surface area contributed by atoms with Gasteiger partial charge < -0.3 is 10.1 Å². The molecule has 0 bridgehead atoms. The van der Waals surface area contributed by atoms with Gasteiger partial charge in [-0.15, -0.1) is 0 Å². The summed E-state index contributed by atoms with van der Waals surface area (Å²) < 4.78 is 5.39. The number of carbonyl (C=O) groups excluding carboxylic acids is 2. The molecular formula is C20H22ClNO3. The third kappa shape index (κ3) is 4.40. The van der Waals surface area contributed by atoms with E-state index in [2.05, 4.69) is 5.32 Å². The maximum atomic E-state index is 12.5. The van der Waals surface area contributed by atoms with E-state index in [-0.39, 0.29) is 0 Å². The van der Waals surface area contributed by atoms with E-state index in [1.807, 2.05) is 37.3 Å². The minimum atomic E-state index is -0.922. The lowest BCUT2D eigenvalue weighted by molar-refractivity contribution is -0.158. The van der Waals surface area contributed by atoms with Crippen molar-refractivity contribution >= 4 is 29.2 Å². The van der Waals surface area contributed by atoms with Gasteiger partial charge in [0.05, 0.1) is 5.41 Å². The van der Waals surface area contributed by atoms with E-state index in [1.165, 1.54) is 0 Å². The molecule has 2 aromatic rings. The van der Waals surface area contributed by atoms with E-state index in [1.54, 1.807) is 39.0 Å². The standard InChI is InChI=1S/C20H22ClNO3/c1-13-16(21)11-8-12-17(13)22-18(23)14(2)25-19(24)20(3,4)15-9-6-5-7-10-15/h5-12,14H,1-4H3,(H,22,23)/t14-/m1/s1. The Morgan fingerprint density at radius 3 is 2.36 bits per heavy atom. The molecular weight excluding hydrogens is 338 g/mol. The first kappa shape index (κ1) is 19.0. The number of anilines is 1. The van der Waals surface area contributed by atoms with Gasteiger partial charge in [0, 0.05) is 10.7 Å². The fourth-order valence-electron chi connectivity index (χ4n) is 2.31. The minimum absolute atomic E-state index is 0.400. The third-order valence-electron chi connectivity index (χ3n) is 4.18. The normalized spacial score (nSPS) is 12.4. The number of nitrogens with one attached hydrogen (secondary N) is 1. The van der Waals surface area contributed by atoms with Gasteiger partial charge >= 0.3 is 5.97 Å². The number of esters is 1. The molecule has 4 nitrogen and oxygen atoms in total. The van der Waals surface area contributed by atoms with E-state index in [0.29, 0.717) is 10.7 Å². The second-order valence-corrected chi connectivity index (χ2v) is 6.85. The number of rotatable bonds is 5. The first-order valence-electron chi connectivity index (χ1n) is 8.06. The summed E-state index contributed by atoms with van der Waals surface area (Å²) in [5.41, 5.74) is 1.35. The molecule has 25 heavy (non-hydrogen) atoms. The predicted molar refractivity (Wildman–Crippen MR) is 99.8 cm³/mol. The van der Waals surface area contributed by atoms with Gasteiger partial charge in [-0.05, 0) is 51.0 Å². The fourth-order valence-corrected chi connectivity index (χ4v) is 2.49. The molecule has 0 aromatic heterocycles. The molecule has 1 atom stereocenters. The molecule has 0 aliphatic rings. The Labute approximate surface area is 153 Å². The molecule has 0 heterocycles. The first-order valence-corrected chi connectivity index (χ1v) is 8.44. The summed E-state index contributed by atoms with van der Waals surface area (Å²) in [6.45, 7) is 6.91. The van der Waals surface area contributed by atoms with Gasteiger partial charge in [0.2, 0.25) is 0 Å². The Balaban J connectivity index is 2.05. The molecule has 0 fully saturated rings. The lowest BCUT2D eigenvalue weighted by Crippen LogP contribution is -2.37. The number of hydrogen-bond donors (Lipinski definition) is 1. The molecule has 0 unspecified atom stereocenters. The quantitative estimate of drug-likeness (QED) is 0.800. The van der Waals surface area contributed by atoms with Crippen molar-refractivity contribution in [2.45, 2.75) is 39.2 Å².